The fourth-order valence-corrected chi connectivity index (χ4v) is 6.10. The smallest absolute Gasteiger partial charge is 0.243 e. The standard InChI is InChI=1S/C21H30N4O3S/c1-3-20-22-21(23-28-20)17-10-9-16(2)19(15-17)29(26,27)25-13-11-24(12-14-25)18-7-5-4-6-8-18/h9-10,15,18H,3-8,11-14H2,1-2H3. The first-order valence-corrected chi connectivity index (χ1v) is 12.1. The van der Waals surface area contributed by atoms with E-state index in [1.807, 2.05) is 26.0 Å². The maximum absolute atomic E-state index is 13.4. The van der Waals surface area contributed by atoms with Crippen LogP contribution in [0, 0.1) is 6.92 Å². The molecule has 0 radical (unpaired) electrons. The number of nitrogens with zero attached hydrogens (tertiary/aromatic N) is 4. The molecule has 1 aliphatic heterocycles. The number of piperazine rings is 1. The lowest BCUT2D eigenvalue weighted by atomic mass is 9.94. The highest BCUT2D eigenvalue weighted by Gasteiger charge is 2.32. The number of hydrogen-bond acceptors (Lipinski definition) is 6. The lowest BCUT2D eigenvalue weighted by Crippen LogP contribution is -2.52. The van der Waals surface area contributed by atoms with Crippen LogP contribution in [0.3, 0.4) is 0 Å². The average Bonchev–Trinajstić information content (AvgIpc) is 3.24. The van der Waals surface area contributed by atoms with E-state index in [-0.39, 0.29) is 0 Å². The van der Waals surface area contributed by atoms with Gasteiger partial charge in [-0.05, 0) is 31.4 Å². The van der Waals surface area contributed by atoms with E-state index in [0.29, 0.717) is 47.7 Å². The van der Waals surface area contributed by atoms with Crippen molar-refractivity contribution >= 4 is 10.0 Å². The number of sulfonamides is 1. The Bertz CT molecular complexity index is 943. The normalized spacial score (nSPS) is 20.2. The van der Waals surface area contributed by atoms with Crippen LogP contribution in [0.1, 0.15) is 50.5 Å². The number of rotatable bonds is 5. The lowest BCUT2D eigenvalue weighted by molar-refractivity contribution is 0.111. The highest BCUT2D eigenvalue weighted by Crippen LogP contribution is 2.28. The van der Waals surface area contributed by atoms with Crippen molar-refractivity contribution in [1.82, 2.24) is 19.3 Å². The van der Waals surface area contributed by atoms with Crippen LogP contribution in [0.25, 0.3) is 11.4 Å². The summed E-state index contributed by atoms with van der Waals surface area (Å²) in [6, 6.07) is 5.98. The highest BCUT2D eigenvalue weighted by molar-refractivity contribution is 7.89. The summed E-state index contributed by atoms with van der Waals surface area (Å²) in [5, 5.41) is 3.98. The van der Waals surface area contributed by atoms with Gasteiger partial charge >= 0.3 is 0 Å². The molecule has 1 aromatic carbocycles. The van der Waals surface area contributed by atoms with Crippen molar-refractivity contribution in [2.24, 2.45) is 0 Å². The molecule has 7 nitrogen and oxygen atoms in total. The van der Waals surface area contributed by atoms with E-state index >= 15 is 0 Å². The summed E-state index contributed by atoms with van der Waals surface area (Å²) < 4.78 is 33.6. The minimum absolute atomic E-state index is 0.337. The predicted octanol–water partition coefficient (Wildman–Crippen LogP) is 3.25. The third-order valence-electron chi connectivity index (χ3n) is 6.20. The molecule has 1 saturated heterocycles. The van der Waals surface area contributed by atoms with Crippen molar-refractivity contribution < 1.29 is 12.9 Å². The molecule has 1 aromatic heterocycles. The van der Waals surface area contributed by atoms with Gasteiger partial charge in [0.15, 0.2) is 0 Å². The summed E-state index contributed by atoms with van der Waals surface area (Å²) in [5.41, 5.74) is 1.40. The topological polar surface area (TPSA) is 79.5 Å². The lowest BCUT2D eigenvalue weighted by Gasteiger charge is -2.40. The van der Waals surface area contributed by atoms with Crippen LogP contribution in [-0.2, 0) is 16.4 Å². The van der Waals surface area contributed by atoms with Crippen LogP contribution in [-0.4, -0.2) is 60.0 Å². The summed E-state index contributed by atoms with van der Waals surface area (Å²) in [7, 11) is -3.56. The van der Waals surface area contributed by atoms with E-state index in [4.69, 9.17) is 4.52 Å². The van der Waals surface area contributed by atoms with Crippen LogP contribution >= 0.6 is 0 Å². The number of hydrogen-bond donors (Lipinski definition) is 0. The molecular formula is C21H30N4O3S. The average molecular weight is 419 g/mol. The molecule has 8 heteroatoms. The third-order valence-corrected chi connectivity index (χ3v) is 8.24. The van der Waals surface area contributed by atoms with Gasteiger partial charge in [0, 0.05) is 44.2 Å². The van der Waals surface area contributed by atoms with Crippen LogP contribution in [0.4, 0.5) is 0 Å². The van der Waals surface area contributed by atoms with Gasteiger partial charge in [0.2, 0.25) is 21.7 Å². The Morgan fingerprint density at radius 3 is 2.48 bits per heavy atom. The number of aryl methyl sites for hydroxylation is 2. The van der Waals surface area contributed by atoms with Crippen LogP contribution < -0.4 is 0 Å². The van der Waals surface area contributed by atoms with Gasteiger partial charge in [-0.15, -0.1) is 0 Å². The largest absolute Gasteiger partial charge is 0.339 e. The van der Waals surface area contributed by atoms with Gasteiger partial charge in [-0.1, -0.05) is 43.5 Å². The summed E-state index contributed by atoms with van der Waals surface area (Å²) in [4.78, 5) is 7.16. The first-order chi connectivity index (χ1) is 14.0. The van der Waals surface area contributed by atoms with E-state index in [9.17, 15) is 8.42 Å². The van der Waals surface area contributed by atoms with E-state index in [2.05, 4.69) is 15.0 Å². The van der Waals surface area contributed by atoms with Gasteiger partial charge in [-0.3, -0.25) is 4.90 Å². The Balaban J connectivity index is 1.52. The molecule has 0 spiro atoms. The predicted molar refractivity (Wildman–Crippen MR) is 111 cm³/mol. The van der Waals surface area contributed by atoms with Crippen LogP contribution in [0.15, 0.2) is 27.6 Å². The molecule has 1 saturated carbocycles. The van der Waals surface area contributed by atoms with Gasteiger partial charge < -0.3 is 4.52 Å². The SMILES string of the molecule is CCc1nc(-c2ccc(C)c(S(=O)(=O)N3CCN(C4CCCCC4)CC3)c2)no1. The molecule has 2 aliphatic rings. The fraction of sp³-hybridized carbons (Fsp3) is 0.619. The zero-order valence-corrected chi connectivity index (χ0v) is 18.1. The van der Waals surface area contributed by atoms with Gasteiger partial charge in [0.1, 0.15) is 0 Å². The molecular weight excluding hydrogens is 388 g/mol. The molecule has 0 amide bonds. The van der Waals surface area contributed by atoms with E-state index in [0.717, 1.165) is 18.7 Å². The molecule has 158 valence electrons. The molecule has 4 rings (SSSR count). The van der Waals surface area contributed by atoms with Gasteiger partial charge in [-0.25, -0.2) is 8.42 Å². The number of aromatic nitrogens is 2. The van der Waals surface area contributed by atoms with Crippen LogP contribution in [0.5, 0.6) is 0 Å². The Kier molecular flexibility index (Phi) is 6.03. The first kappa shape index (κ1) is 20.5. The molecule has 0 N–H and O–H groups in total. The molecule has 2 aromatic rings. The maximum Gasteiger partial charge on any atom is 0.243 e. The quantitative estimate of drug-likeness (QED) is 0.742. The monoisotopic (exact) mass is 418 g/mol. The fourth-order valence-electron chi connectivity index (χ4n) is 4.43. The molecule has 0 atom stereocenters. The second kappa shape index (κ2) is 8.53. The minimum atomic E-state index is -3.56. The van der Waals surface area contributed by atoms with Crippen molar-refractivity contribution in [1.29, 1.82) is 0 Å². The molecule has 1 aliphatic carbocycles. The molecule has 2 heterocycles. The van der Waals surface area contributed by atoms with E-state index in [1.54, 1.807) is 10.4 Å². The second-order valence-electron chi connectivity index (χ2n) is 8.08. The van der Waals surface area contributed by atoms with Gasteiger partial charge in [-0.2, -0.15) is 9.29 Å². The summed E-state index contributed by atoms with van der Waals surface area (Å²) in [5.74, 6) is 0.976. The van der Waals surface area contributed by atoms with E-state index < -0.39 is 10.0 Å². The third kappa shape index (κ3) is 4.25. The van der Waals surface area contributed by atoms with Gasteiger partial charge in [0.05, 0.1) is 4.90 Å². The van der Waals surface area contributed by atoms with Gasteiger partial charge in [0.25, 0.3) is 0 Å². The summed E-state index contributed by atoms with van der Waals surface area (Å²) in [6.07, 6.45) is 7.07. The van der Waals surface area contributed by atoms with E-state index in [1.165, 1.54) is 32.1 Å². The minimum Gasteiger partial charge on any atom is -0.339 e. The molecule has 0 unspecified atom stereocenters. The molecule has 2 fully saturated rings. The highest BCUT2D eigenvalue weighted by atomic mass is 32.2. The summed E-state index contributed by atoms with van der Waals surface area (Å²) >= 11 is 0. The maximum atomic E-state index is 13.4. The van der Waals surface area contributed by atoms with Crippen molar-refractivity contribution in [3.8, 4) is 11.4 Å². The van der Waals surface area contributed by atoms with Crippen molar-refractivity contribution in [2.75, 3.05) is 26.2 Å². The first-order valence-electron chi connectivity index (χ1n) is 10.7. The Morgan fingerprint density at radius 1 is 1.10 bits per heavy atom. The Labute approximate surface area is 173 Å². The number of benzene rings is 1. The zero-order valence-electron chi connectivity index (χ0n) is 17.3. The Morgan fingerprint density at radius 2 is 1.83 bits per heavy atom. The summed E-state index contributed by atoms with van der Waals surface area (Å²) in [6.45, 7) is 6.49. The Hall–Kier alpha value is -1.77. The van der Waals surface area contributed by atoms with Crippen molar-refractivity contribution in [2.45, 2.75) is 63.3 Å². The van der Waals surface area contributed by atoms with Crippen LogP contribution in [0.2, 0.25) is 0 Å². The van der Waals surface area contributed by atoms with Crippen molar-refractivity contribution in [3.05, 3.63) is 29.7 Å². The zero-order chi connectivity index (χ0) is 20.4. The second-order valence-corrected chi connectivity index (χ2v) is 9.98. The molecule has 29 heavy (non-hydrogen) atoms. The molecule has 0 bridgehead atoms. The van der Waals surface area contributed by atoms with Crippen molar-refractivity contribution in [3.63, 3.8) is 0 Å².